The van der Waals surface area contributed by atoms with E-state index < -0.39 is 35.7 Å². The Kier molecular flexibility index (Phi) is 7.56. The topological polar surface area (TPSA) is 124 Å². The van der Waals surface area contributed by atoms with Gasteiger partial charge < -0.3 is 10.1 Å². The molecule has 0 aliphatic rings. The molecule has 1 atom stereocenters. The molecule has 13 heteroatoms. The number of halogens is 3. The quantitative estimate of drug-likeness (QED) is 0.471. The number of allylic oxidation sites excluding steroid dienone is 1. The minimum absolute atomic E-state index is 0.0641. The highest BCUT2D eigenvalue weighted by molar-refractivity contribution is 5.91. The first kappa shape index (κ1) is 24.4. The molecule has 0 spiro atoms. The van der Waals surface area contributed by atoms with Gasteiger partial charge in [0.15, 0.2) is 11.5 Å². The van der Waals surface area contributed by atoms with E-state index in [1.807, 2.05) is 0 Å². The summed E-state index contributed by atoms with van der Waals surface area (Å²) < 4.78 is 46.2. The van der Waals surface area contributed by atoms with Crippen LogP contribution in [0.25, 0.3) is 11.4 Å². The van der Waals surface area contributed by atoms with E-state index in [1.165, 1.54) is 30.9 Å². The standard InChI is InChI=1S/C21H20F3N7O3/c1-11(22)4-7-17(32)27-14-5-6-16(25-10-14)18-20(31(3)30-29-18)28-21(33)34-12(2)15-8-13(23)9-26-19(15)24/h5-6,8-10,12H,1,4,7H2,2-3H3,(H,27,32)(H,28,33)/t12-/m1/s1. The molecule has 34 heavy (non-hydrogen) atoms. The van der Waals surface area contributed by atoms with Crippen LogP contribution in [0.4, 0.5) is 29.5 Å². The third-order valence-electron chi connectivity index (χ3n) is 4.52. The van der Waals surface area contributed by atoms with Crippen molar-refractivity contribution in [3.05, 3.63) is 60.3 Å². The summed E-state index contributed by atoms with van der Waals surface area (Å²) in [7, 11) is 1.51. The molecular formula is C21H20F3N7O3. The van der Waals surface area contributed by atoms with E-state index in [4.69, 9.17) is 4.74 Å². The Bertz CT molecular complexity index is 1210. The number of anilines is 2. The van der Waals surface area contributed by atoms with E-state index in [0.29, 0.717) is 17.6 Å². The SMILES string of the molecule is C=C(F)CCC(=O)Nc1ccc(-c2nnn(C)c2NC(=O)O[C@H](C)c2cc(F)cnc2F)nc1. The number of carbonyl (C=O) groups excluding carboxylic acids is 2. The lowest BCUT2D eigenvalue weighted by atomic mass is 10.2. The lowest BCUT2D eigenvalue weighted by molar-refractivity contribution is -0.116. The van der Waals surface area contributed by atoms with Crippen molar-refractivity contribution in [3.8, 4) is 11.4 Å². The number of nitrogens with one attached hydrogen (secondary N) is 2. The van der Waals surface area contributed by atoms with Crippen LogP contribution in [0.5, 0.6) is 0 Å². The number of hydrogen-bond acceptors (Lipinski definition) is 7. The molecule has 2 amide bonds. The molecule has 3 aromatic rings. The summed E-state index contributed by atoms with van der Waals surface area (Å²) in [6, 6.07) is 3.96. The van der Waals surface area contributed by atoms with Gasteiger partial charge in [-0.05, 0) is 25.1 Å². The van der Waals surface area contributed by atoms with Crippen molar-refractivity contribution in [2.75, 3.05) is 10.6 Å². The largest absolute Gasteiger partial charge is 0.441 e. The van der Waals surface area contributed by atoms with Crippen LogP contribution in [0.3, 0.4) is 0 Å². The number of pyridine rings is 2. The Hall–Kier alpha value is -4.29. The second-order valence-electron chi connectivity index (χ2n) is 7.11. The van der Waals surface area contributed by atoms with Crippen molar-refractivity contribution < 1.29 is 27.5 Å². The van der Waals surface area contributed by atoms with Crippen molar-refractivity contribution in [1.82, 2.24) is 25.0 Å². The van der Waals surface area contributed by atoms with Gasteiger partial charge in [0.1, 0.15) is 11.9 Å². The third-order valence-corrected chi connectivity index (χ3v) is 4.52. The van der Waals surface area contributed by atoms with E-state index >= 15 is 0 Å². The molecule has 3 rings (SSSR count). The molecule has 3 aromatic heterocycles. The minimum Gasteiger partial charge on any atom is -0.441 e. The normalized spacial score (nSPS) is 11.6. The molecule has 0 unspecified atom stereocenters. The first-order valence-corrected chi connectivity index (χ1v) is 9.92. The maximum Gasteiger partial charge on any atom is 0.413 e. The Balaban J connectivity index is 1.69. The van der Waals surface area contributed by atoms with Gasteiger partial charge in [0.2, 0.25) is 11.9 Å². The van der Waals surface area contributed by atoms with Crippen molar-refractivity contribution in [2.24, 2.45) is 7.05 Å². The van der Waals surface area contributed by atoms with Crippen molar-refractivity contribution in [3.63, 3.8) is 0 Å². The van der Waals surface area contributed by atoms with Crippen LogP contribution < -0.4 is 10.6 Å². The summed E-state index contributed by atoms with van der Waals surface area (Å²) in [5, 5.41) is 12.8. The molecule has 3 heterocycles. The highest BCUT2D eigenvalue weighted by Crippen LogP contribution is 2.26. The van der Waals surface area contributed by atoms with Crippen molar-refractivity contribution in [2.45, 2.75) is 25.9 Å². The summed E-state index contributed by atoms with van der Waals surface area (Å²) in [5.41, 5.74) is 0.647. The average Bonchev–Trinajstić information content (AvgIpc) is 3.14. The zero-order chi connectivity index (χ0) is 24.8. The summed E-state index contributed by atoms with van der Waals surface area (Å²) in [5.74, 6) is -2.60. The first-order chi connectivity index (χ1) is 16.1. The van der Waals surface area contributed by atoms with Crippen molar-refractivity contribution in [1.29, 1.82) is 0 Å². The molecular weight excluding hydrogens is 455 g/mol. The van der Waals surface area contributed by atoms with Crippen LogP contribution in [0.15, 0.2) is 43.0 Å². The smallest absolute Gasteiger partial charge is 0.413 e. The van der Waals surface area contributed by atoms with Crippen LogP contribution in [-0.4, -0.2) is 37.0 Å². The maximum absolute atomic E-state index is 13.8. The van der Waals surface area contributed by atoms with E-state index in [0.717, 1.165) is 6.07 Å². The summed E-state index contributed by atoms with van der Waals surface area (Å²) in [6.45, 7) is 4.46. The van der Waals surface area contributed by atoms with E-state index in [-0.39, 0.29) is 29.9 Å². The number of carbonyl (C=O) groups is 2. The number of aryl methyl sites for hydroxylation is 1. The molecule has 2 N–H and O–H groups in total. The molecule has 0 aromatic carbocycles. The lowest BCUT2D eigenvalue weighted by Crippen LogP contribution is -2.19. The lowest BCUT2D eigenvalue weighted by Gasteiger charge is -2.15. The van der Waals surface area contributed by atoms with Crippen LogP contribution >= 0.6 is 0 Å². The van der Waals surface area contributed by atoms with Gasteiger partial charge in [-0.1, -0.05) is 11.8 Å². The Labute approximate surface area is 191 Å². The molecule has 0 fully saturated rings. The molecule has 0 saturated carbocycles. The Morgan fingerprint density at radius 3 is 2.62 bits per heavy atom. The first-order valence-electron chi connectivity index (χ1n) is 9.92. The van der Waals surface area contributed by atoms with Crippen LogP contribution in [0.1, 0.15) is 31.4 Å². The molecule has 10 nitrogen and oxygen atoms in total. The van der Waals surface area contributed by atoms with Crippen LogP contribution in [0, 0.1) is 11.8 Å². The van der Waals surface area contributed by atoms with Gasteiger partial charge in [-0.3, -0.25) is 15.1 Å². The molecule has 178 valence electrons. The zero-order valence-electron chi connectivity index (χ0n) is 18.2. The second-order valence-corrected chi connectivity index (χ2v) is 7.11. The van der Waals surface area contributed by atoms with Gasteiger partial charge in [-0.25, -0.2) is 23.2 Å². The van der Waals surface area contributed by atoms with Gasteiger partial charge in [-0.2, -0.15) is 4.39 Å². The fraction of sp³-hybridized carbons (Fsp3) is 0.238. The Morgan fingerprint density at radius 2 is 1.94 bits per heavy atom. The fourth-order valence-corrected chi connectivity index (χ4v) is 2.82. The Morgan fingerprint density at radius 1 is 1.18 bits per heavy atom. The summed E-state index contributed by atoms with van der Waals surface area (Å²) in [4.78, 5) is 31.6. The predicted molar refractivity (Wildman–Crippen MR) is 115 cm³/mol. The molecule has 0 radical (unpaired) electrons. The summed E-state index contributed by atoms with van der Waals surface area (Å²) in [6.07, 6.45) is -0.182. The van der Waals surface area contributed by atoms with Crippen molar-refractivity contribution >= 4 is 23.5 Å². The van der Waals surface area contributed by atoms with E-state index in [9.17, 15) is 22.8 Å². The van der Waals surface area contributed by atoms with E-state index in [2.05, 4.69) is 37.5 Å². The number of hydrogen-bond donors (Lipinski definition) is 2. The minimum atomic E-state index is -1.14. The van der Waals surface area contributed by atoms with Gasteiger partial charge in [-0.15, -0.1) is 5.10 Å². The molecule has 0 aliphatic carbocycles. The zero-order valence-corrected chi connectivity index (χ0v) is 18.2. The maximum atomic E-state index is 13.8. The monoisotopic (exact) mass is 475 g/mol. The number of aromatic nitrogens is 5. The number of nitrogens with zero attached hydrogens (tertiary/aromatic N) is 5. The van der Waals surface area contributed by atoms with Gasteiger partial charge in [0.25, 0.3) is 0 Å². The predicted octanol–water partition coefficient (Wildman–Crippen LogP) is 4.06. The number of amides is 2. The van der Waals surface area contributed by atoms with Crippen LogP contribution in [0.2, 0.25) is 0 Å². The highest BCUT2D eigenvalue weighted by atomic mass is 19.1. The van der Waals surface area contributed by atoms with Gasteiger partial charge >= 0.3 is 6.09 Å². The number of ether oxygens (including phenoxy) is 1. The van der Waals surface area contributed by atoms with E-state index in [1.54, 1.807) is 6.07 Å². The molecule has 0 aliphatic heterocycles. The number of rotatable bonds is 8. The molecule has 0 saturated heterocycles. The fourth-order valence-electron chi connectivity index (χ4n) is 2.82. The van der Waals surface area contributed by atoms with Gasteiger partial charge in [0.05, 0.1) is 35.2 Å². The summed E-state index contributed by atoms with van der Waals surface area (Å²) >= 11 is 0. The highest BCUT2D eigenvalue weighted by Gasteiger charge is 2.21. The molecule has 0 bridgehead atoms. The second kappa shape index (κ2) is 10.6. The van der Waals surface area contributed by atoms with Gasteiger partial charge in [0, 0.05) is 19.9 Å². The van der Waals surface area contributed by atoms with Crippen LogP contribution in [-0.2, 0) is 16.6 Å². The third kappa shape index (κ3) is 6.15. The average molecular weight is 475 g/mol.